The summed E-state index contributed by atoms with van der Waals surface area (Å²) >= 11 is 0. The minimum atomic E-state index is -4.41. The maximum atomic E-state index is 12.9. The van der Waals surface area contributed by atoms with Gasteiger partial charge in [-0.2, -0.15) is 13.2 Å². The highest BCUT2D eigenvalue weighted by atomic mass is 19.4. The molecule has 0 atom stereocenters. The summed E-state index contributed by atoms with van der Waals surface area (Å²) in [7, 11) is 1.24. The molecular formula is C14H11F3O2. The Morgan fingerprint density at radius 1 is 1.21 bits per heavy atom. The van der Waals surface area contributed by atoms with Crippen molar-refractivity contribution in [3.8, 4) is 0 Å². The molecule has 0 amide bonds. The number of carbonyl (C=O) groups excluding carboxylic acids is 1. The summed E-state index contributed by atoms with van der Waals surface area (Å²) in [5.41, 5.74) is -0.201. The molecule has 2 nitrogen and oxygen atoms in total. The highest BCUT2D eigenvalue weighted by Gasteiger charge is 2.32. The lowest BCUT2D eigenvalue weighted by molar-refractivity contribution is -0.139. The Bertz CT molecular complexity index is 618. The van der Waals surface area contributed by atoms with Crippen LogP contribution >= 0.6 is 0 Å². The van der Waals surface area contributed by atoms with Crippen LogP contribution in [0.4, 0.5) is 13.2 Å². The number of carbonyl (C=O) groups is 1. The molecule has 0 aliphatic carbocycles. The van der Waals surface area contributed by atoms with Crippen molar-refractivity contribution >= 4 is 16.7 Å². The van der Waals surface area contributed by atoms with E-state index in [1.165, 1.54) is 19.2 Å². The Morgan fingerprint density at radius 2 is 1.95 bits per heavy atom. The average Bonchev–Trinajstić information content (AvgIpc) is 2.36. The predicted molar refractivity (Wildman–Crippen MR) is 64.7 cm³/mol. The molecule has 0 unspecified atom stereocenters. The molecule has 0 heterocycles. The normalized spacial score (nSPS) is 11.6. The number of alkyl halides is 3. The van der Waals surface area contributed by atoms with E-state index in [9.17, 15) is 18.0 Å². The third kappa shape index (κ3) is 2.86. The molecule has 0 saturated heterocycles. The zero-order valence-corrected chi connectivity index (χ0v) is 10.1. The SMILES string of the molecule is COC(=O)Cc1ccc2cccc(C(F)(F)F)c2c1. The summed E-state index contributed by atoms with van der Waals surface area (Å²) in [5, 5.41) is 0.583. The van der Waals surface area contributed by atoms with E-state index in [2.05, 4.69) is 4.74 Å². The van der Waals surface area contributed by atoms with Crippen molar-refractivity contribution < 1.29 is 22.7 Å². The van der Waals surface area contributed by atoms with Crippen LogP contribution in [0.25, 0.3) is 10.8 Å². The van der Waals surface area contributed by atoms with E-state index >= 15 is 0 Å². The first-order valence-electron chi connectivity index (χ1n) is 5.57. The second kappa shape index (κ2) is 4.91. The first-order chi connectivity index (χ1) is 8.91. The van der Waals surface area contributed by atoms with E-state index in [4.69, 9.17) is 0 Å². The fourth-order valence-corrected chi connectivity index (χ4v) is 1.92. The van der Waals surface area contributed by atoms with Gasteiger partial charge in [-0.3, -0.25) is 4.79 Å². The molecule has 2 aromatic rings. The van der Waals surface area contributed by atoms with E-state index in [-0.39, 0.29) is 11.8 Å². The van der Waals surface area contributed by atoms with Crippen molar-refractivity contribution in [3.63, 3.8) is 0 Å². The van der Waals surface area contributed by atoms with E-state index in [0.29, 0.717) is 10.9 Å². The average molecular weight is 268 g/mol. The number of hydrogen-bond acceptors (Lipinski definition) is 2. The van der Waals surface area contributed by atoms with Gasteiger partial charge >= 0.3 is 12.1 Å². The lowest BCUT2D eigenvalue weighted by atomic mass is 10.0. The molecule has 0 bridgehead atoms. The van der Waals surface area contributed by atoms with Gasteiger partial charge in [0.1, 0.15) is 0 Å². The van der Waals surface area contributed by atoms with E-state index < -0.39 is 17.7 Å². The van der Waals surface area contributed by atoms with Gasteiger partial charge in [0.15, 0.2) is 0 Å². The standard InChI is InChI=1S/C14H11F3O2/c1-19-13(18)8-9-5-6-10-3-2-4-12(11(10)7-9)14(15,16)17/h2-7H,8H2,1H3. The fraction of sp³-hybridized carbons (Fsp3) is 0.214. The van der Waals surface area contributed by atoms with Crippen LogP contribution < -0.4 is 0 Å². The Kier molecular flexibility index (Phi) is 3.46. The lowest BCUT2D eigenvalue weighted by Gasteiger charge is -2.11. The summed E-state index contributed by atoms with van der Waals surface area (Å²) in [6.07, 6.45) is -4.46. The number of benzene rings is 2. The topological polar surface area (TPSA) is 26.3 Å². The third-order valence-electron chi connectivity index (χ3n) is 2.83. The van der Waals surface area contributed by atoms with Crippen molar-refractivity contribution in [1.82, 2.24) is 0 Å². The summed E-state index contributed by atoms with van der Waals surface area (Å²) in [5.74, 6) is -0.483. The molecule has 0 radical (unpaired) electrons. The number of halogens is 3. The smallest absolute Gasteiger partial charge is 0.417 e. The fourth-order valence-electron chi connectivity index (χ4n) is 1.92. The molecule has 100 valence electrons. The summed E-state index contributed by atoms with van der Waals surface area (Å²) in [4.78, 5) is 11.2. The molecule has 0 N–H and O–H groups in total. The summed E-state index contributed by atoms with van der Waals surface area (Å²) in [6.45, 7) is 0. The highest BCUT2D eigenvalue weighted by Crippen LogP contribution is 2.35. The van der Waals surface area contributed by atoms with Crippen LogP contribution in [0.1, 0.15) is 11.1 Å². The quantitative estimate of drug-likeness (QED) is 0.778. The van der Waals surface area contributed by atoms with Crippen LogP contribution in [-0.2, 0) is 22.1 Å². The maximum absolute atomic E-state index is 12.9. The third-order valence-corrected chi connectivity index (χ3v) is 2.83. The number of fused-ring (bicyclic) bond motifs is 1. The summed E-state index contributed by atoms with van der Waals surface area (Å²) in [6, 6.07) is 8.58. The molecule has 5 heteroatoms. The lowest BCUT2D eigenvalue weighted by Crippen LogP contribution is -2.07. The van der Waals surface area contributed by atoms with Crippen molar-refractivity contribution in [2.24, 2.45) is 0 Å². The van der Waals surface area contributed by atoms with Gasteiger partial charge in [-0.05, 0) is 28.5 Å². The Balaban J connectivity index is 2.54. The molecule has 0 fully saturated rings. The van der Waals surface area contributed by atoms with Gasteiger partial charge in [-0.25, -0.2) is 0 Å². The van der Waals surface area contributed by atoms with Gasteiger partial charge in [0.2, 0.25) is 0 Å². The summed E-state index contributed by atoms with van der Waals surface area (Å²) < 4.78 is 43.2. The maximum Gasteiger partial charge on any atom is 0.417 e. The molecule has 0 aliphatic rings. The first kappa shape index (κ1) is 13.4. The molecule has 0 saturated carbocycles. The number of methoxy groups -OCH3 is 1. The second-order valence-electron chi connectivity index (χ2n) is 4.11. The Labute approximate surface area is 107 Å². The van der Waals surface area contributed by atoms with Gasteiger partial charge in [0.25, 0.3) is 0 Å². The molecular weight excluding hydrogens is 257 g/mol. The van der Waals surface area contributed by atoms with E-state index in [0.717, 1.165) is 6.07 Å². The zero-order valence-electron chi connectivity index (χ0n) is 10.1. The molecule has 2 rings (SSSR count). The van der Waals surface area contributed by atoms with E-state index in [1.54, 1.807) is 18.2 Å². The van der Waals surface area contributed by atoms with Crippen molar-refractivity contribution in [1.29, 1.82) is 0 Å². The molecule has 0 aliphatic heterocycles. The van der Waals surface area contributed by atoms with Crippen LogP contribution in [0.5, 0.6) is 0 Å². The zero-order chi connectivity index (χ0) is 14.0. The van der Waals surface area contributed by atoms with Crippen LogP contribution in [0.3, 0.4) is 0 Å². The van der Waals surface area contributed by atoms with E-state index in [1.807, 2.05) is 0 Å². The number of hydrogen-bond donors (Lipinski definition) is 0. The number of esters is 1. The number of rotatable bonds is 2. The minimum Gasteiger partial charge on any atom is -0.469 e. The second-order valence-corrected chi connectivity index (χ2v) is 4.11. The predicted octanol–water partition coefficient (Wildman–Crippen LogP) is 3.57. The highest BCUT2D eigenvalue weighted by molar-refractivity contribution is 5.87. The molecule has 2 aromatic carbocycles. The first-order valence-corrected chi connectivity index (χ1v) is 5.57. The van der Waals surface area contributed by atoms with Crippen molar-refractivity contribution in [2.45, 2.75) is 12.6 Å². The Morgan fingerprint density at radius 3 is 2.58 bits per heavy atom. The van der Waals surface area contributed by atoms with Gasteiger partial charge in [-0.15, -0.1) is 0 Å². The van der Waals surface area contributed by atoms with Crippen molar-refractivity contribution in [3.05, 3.63) is 47.5 Å². The molecule has 0 aromatic heterocycles. The Hall–Kier alpha value is -2.04. The molecule has 0 spiro atoms. The number of ether oxygens (including phenoxy) is 1. The minimum absolute atomic E-state index is 0.0430. The van der Waals surface area contributed by atoms with Crippen LogP contribution in [0.15, 0.2) is 36.4 Å². The largest absolute Gasteiger partial charge is 0.469 e. The van der Waals surface area contributed by atoms with Gasteiger partial charge in [-0.1, -0.05) is 24.3 Å². The van der Waals surface area contributed by atoms with Gasteiger partial charge < -0.3 is 4.74 Å². The van der Waals surface area contributed by atoms with Crippen molar-refractivity contribution in [2.75, 3.05) is 7.11 Å². The van der Waals surface area contributed by atoms with Gasteiger partial charge in [0, 0.05) is 0 Å². The molecule has 19 heavy (non-hydrogen) atoms. The van der Waals surface area contributed by atoms with Gasteiger partial charge in [0.05, 0.1) is 19.1 Å². The monoisotopic (exact) mass is 268 g/mol. The van der Waals surface area contributed by atoms with Crippen LogP contribution in [-0.4, -0.2) is 13.1 Å². The van der Waals surface area contributed by atoms with Crippen LogP contribution in [0, 0.1) is 0 Å². The van der Waals surface area contributed by atoms with Crippen LogP contribution in [0.2, 0.25) is 0 Å².